The smallest absolute Gasteiger partial charge is 0.207 e. The van der Waals surface area contributed by atoms with Crippen LogP contribution in [0.3, 0.4) is 0 Å². The number of rotatable bonds is 3. The first-order valence-electron chi connectivity index (χ1n) is 4.33. The largest absolute Gasteiger partial charge is 0.380 e. The molecule has 2 fully saturated rings. The molecule has 2 N–H and O–H groups in total. The molecule has 1 amide bonds. The van der Waals surface area contributed by atoms with Gasteiger partial charge in [-0.1, -0.05) is 0 Å². The molecule has 4 heteroatoms. The maximum Gasteiger partial charge on any atom is 0.207 e. The molecule has 2 atom stereocenters. The van der Waals surface area contributed by atoms with Crippen molar-refractivity contribution in [2.45, 2.75) is 0 Å². The third kappa shape index (κ3) is 1.11. The minimum absolute atomic E-state index is 0.181. The third-order valence-electron chi connectivity index (χ3n) is 2.98. The summed E-state index contributed by atoms with van der Waals surface area (Å²) in [5.41, 5.74) is 0.181. The van der Waals surface area contributed by atoms with Crippen molar-refractivity contribution in [3.8, 4) is 0 Å². The van der Waals surface area contributed by atoms with Gasteiger partial charge in [0.15, 0.2) is 0 Å². The van der Waals surface area contributed by atoms with Crippen LogP contribution in [-0.2, 0) is 9.53 Å². The van der Waals surface area contributed by atoms with Crippen LogP contribution in [0.4, 0.5) is 0 Å². The lowest BCUT2D eigenvalue weighted by Crippen LogP contribution is -2.40. The molecule has 68 valence electrons. The number of hydrogen-bond acceptors (Lipinski definition) is 3. The van der Waals surface area contributed by atoms with Crippen LogP contribution >= 0.6 is 0 Å². The predicted octanol–water partition coefficient (Wildman–Crippen LogP) is -1.03. The first-order chi connectivity index (χ1) is 5.87. The van der Waals surface area contributed by atoms with E-state index in [9.17, 15) is 4.79 Å². The van der Waals surface area contributed by atoms with Gasteiger partial charge in [-0.2, -0.15) is 0 Å². The Hall–Kier alpha value is -0.610. The summed E-state index contributed by atoms with van der Waals surface area (Å²) in [7, 11) is 0. The lowest BCUT2D eigenvalue weighted by molar-refractivity contribution is -0.110. The first-order valence-corrected chi connectivity index (χ1v) is 4.33. The lowest BCUT2D eigenvalue weighted by atomic mass is 9.81. The topological polar surface area (TPSA) is 50.4 Å². The van der Waals surface area contributed by atoms with E-state index in [0.717, 1.165) is 39.3 Å². The molecule has 2 aliphatic heterocycles. The van der Waals surface area contributed by atoms with Crippen molar-refractivity contribution in [2.75, 3.05) is 32.8 Å². The van der Waals surface area contributed by atoms with Gasteiger partial charge in [0.25, 0.3) is 0 Å². The molecule has 0 spiro atoms. The summed E-state index contributed by atoms with van der Waals surface area (Å²) >= 11 is 0. The lowest BCUT2D eigenvalue weighted by Gasteiger charge is -2.25. The van der Waals surface area contributed by atoms with E-state index in [1.807, 2.05) is 0 Å². The second kappa shape index (κ2) is 3.03. The zero-order valence-corrected chi connectivity index (χ0v) is 7.01. The Morgan fingerprint density at radius 2 is 2.67 bits per heavy atom. The van der Waals surface area contributed by atoms with Crippen molar-refractivity contribution in [3.05, 3.63) is 0 Å². The highest BCUT2D eigenvalue weighted by atomic mass is 16.5. The van der Waals surface area contributed by atoms with Crippen molar-refractivity contribution in [1.29, 1.82) is 0 Å². The van der Waals surface area contributed by atoms with E-state index < -0.39 is 0 Å². The number of carbonyl (C=O) groups excluding carboxylic acids is 1. The van der Waals surface area contributed by atoms with Gasteiger partial charge in [-0.25, -0.2) is 0 Å². The molecule has 2 saturated heterocycles. The van der Waals surface area contributed by atoms with Crippen LogP contribution in [-0.4, -0.2) is 39.3 Å². The summed E-state index contributed by atoms with van der Waals surface area (Å²) in [6.07, 6.45) is 0.766. The molecule has 0 aromatic carbocycles. The predicted molar refractivity (Wildman–Crippen MR) is 43.7 cm³/mol. The summed E-state index contributed by atoms with van der Waals surface area (Å²) in [6.45, 7) is 4.37. The highest BCUT2D eigenvalue weighted by Gasteiger charge is 2.47. The average Bonchev–Trinajstić information content (AvgIpc) is 2.58. The molecule has 4 nitrogen and oxygen atoms in total. The van der Waals surface area contributed by atoms with Gasteiger partial charge in [0.05, 0.1) is 13.2 Å². The maximum atomic E-state index is 10.2. The Kier molecular flexibility index (Phi) is 2.02. The van der Waals surface area contributed by atoms with E-state index >= 15 is 0 Å². The zero-order valence-electron chi connectivity index (χ0n) is 7.01. The van der Waals surface area contributed by atoms with Gasteiger partial charge in [0, 0.05) is 31.0 Å². The van der Waals surface area contributed by atoms with E-state index in [1.165, 1.54) is 0 Å². The molecule has 2 heterocycles. The molecule has 0 aromatic rings. The highest BCUT2D eigenvalue weighted by molar-refractivity contribution is 5.46. The molecule has 2 rings (SSSR count). The molecular weight excluding hydrogens is 156 g/mol. The van der Waals surface area contributed by atoms with Crippen LogP contribution in [0.2, 0.25) is 0 Å². The van der Waals surface area contributed by atoms with Crippen LogP contribution in [0.1, 0.15) is 0 Å². The van der Waals surface area contributed by atoms with Gasteiger partial charge in [-0.05, 0) is 0 Å². The van der Waals surface area contributed by atoms with Crippen LogP contribution in [0.15, 0.2) is 0 Å². The Morgan fingerprint density at radius 3 is 3.50 bits per heavy atom. The Morgan fingerprint density at radius 1 is 1.75 bits per heavy atom. The quantitative estimate of drug-likeness (QED) is 0.532. The minimum atomic E-state index is 0.181. The zero-order chi connectivity index (χ0) is 8.44. The van der Waals surface area contributed by atoms with Crippen molar-refractivity contribution in [2.24, 2.45) is 11.3 Å². The highest BCUT2D eigenvalue weighted by Crippen LogP contribution is 2.36. The molecule has 0 saturated carbocycles. The van der Waals surface area contributed by atoms with E-state index in [-0.39, 0.29) is 5.41 Å². The van der Waals surface area contributed by atoms with Gasteiger partial charge in [0.1, 0.15) is 0 Å². The fourth-order valence-corrected chi connectivity index (χ4v) is 2.17. The monoisotopic (exact) mass is 170 g/mol. The van der Waals surface area contributed by atoms with Gasteiger partial charge in [-0.15, -0.1) is 0 Å². The molecule has 12 heavy (non-hydrogen) atoms. The molecule has 2 unspecified atom stereocenters. The second-order valence-electron chi connectivity index (χ2n) is 3.70. The summed E-state index contributed by atoms with van der Waals surface area (Å²) in [6, 6.07) is 0. The van der Waals surface area contributed by atoms with Crippen LogP contribution < -0.4 is 10.6 Å². The summed E-state index contributed by atoms with van der Waals surface area (Å²) in [5, 5.41) is 6.09. The number of amides is 1. The molecule has 0 radical (unpaired) electrons. The van der Waals surface area contributed by atoms with Gasteiger partial charge < -0.3 is 15.4 Å². The molecule has 0 aliphatic carbocycles. The maximum absolute atomic E-state index is 10.2. The normalized spacial score (nSPS) is 39.5. The fraction of sp³-hybridized carbons (Fsp3) is 0.875. The number of hydrogen-bond donors (Lipinski definition) is 2. The van der Waals surface area contributed by atoms with Gasteiger partial charge >= 0.3 is 0 Å². The Labute approximate surface area is 71.7 Å². The summed E-state index contributed by atoms with van der Waals surface area (Å²) < 4.78 is 5.42. The van der Waals surface area contributed by atoms with Gasteiger partial charge in [0.2, 0.25) is 6.41 Å². The number of carbonyl (C=O) groups is 1. The average molecular weight is 170 g/mol. The van der Waals surface area contributed by atoms with Crippen molar-refractivity contribution in [1.82, 2.24) is 10.6 Å². The fourth-order valence-electron chi connectivity index (χ4n) is 2.17. The summed E-state index contributed by atoms with van der Waals surface area (Å²) in [4.78, 5) is 10.2. The summed E-state index contributed by atoms with van der Waals surface area (Å²) in [5.74, 6) is 0.588. The van der Waals surface area contributed by atoms with Crippen molar-refractivity contribution < 1.29 is 9.53 Å². The Bertz CT molecular complexity index is 174. The molecule has 2 aliphatic rings. The van der Waals surface area contributed by atoms with E-state index in [2.05, 4.69) is 10.6 Å². The van der Waals surface area contributed by atoms with Crippen LogP contribution in [0.25, 0.3) is 0 Å². The second-order valence-corrected chi connectivity index (χ2v) is 3.70. The first kappa shape index (κ1) is 8.01. The van der Waals surface area contributed by atoms with Crippen molar-refractivity contribution in [3.63, 3.8) is 0 Å². The number of nitrogens with one attached hydrogen (secondary N) is 2. The van der Waals surface area contributed by atoms with Crippen molar-refractivity contribution >= 4 is 6.41 Å². The standard InChI is InChI=1S/C8H14N2O2/c11-6-10-4-8-3-9-1-7(8)2-12-5-8/h6-7,9H,1-5H2,(H,10,11). The third-order valence-corrected chi connectivity index (χ3v) is 2.98. The molecular formula is C8H14N2O2. The van der Waals surface area contributed by atoms with E-state index in [4.69, 9.17) is 4.74 Å². The van der Waals surface area contributed by atoms with Gasteiger partial charge in [-0.3, -0.25) is 4.79 Å². The number of fused-ring (bicyclic) bond motifs is 1. The number of ether oxygens (including phenoxy) is 1. The molecule has 0 aromatic heterocycles. The van der Waals surface area contributed by atoms with Crippen LogP contribution in [0.5, 0.6) is 0 Å². The Balaban J connectivity index is 2.01. The van der Waals surface area contributed by atoms with E-state index in [1.54, 1.807) is 0 Å². The van der Waals surface area contributed by atoms with Crippen LogP contribution in [0, 0.1) is 11.3 Å². The SMILES string of the molecule is O=CNCC12CNCC1COC2. The van der Waals surface area contributed by atoms with E-state index in [0.29, 0.717) is 5.92 Å². The molecule has 0 bridgehead atoms. The minimum Gasteiger partial charge on any atom is -0.380 e.